The number of carbonyl (C=O) groups excluding carboxylic acids is 2. The maximum absolute atomic E-state index is 12.5. The first-order valence-electron chi connectivity index (χ1n) is 8.12. The van der Waals surface area contributed by atoms with E-state index in [1.807, 2.05) is 0 Å². The standard InChI is InChI=1S/C16H21N5O5/c1-11(15(24)25)19(10-7-17-12(2)22)14(23)6-9-21-16(26)20-8-4-3-5-13(20)18-21/h3-5,8,11H,6-7,9-10H2,1-2H3,(H,17,22)(H,24,25). The lowest BCUT2D eigenvalue weighted by atomic mass is 10.2. The van der Waals surface area contributed by atoms with Crippen molar-refractivity contribution in [2.45, 2.75) is 32.9 Å². The van der Waals surface area contributed by atoms with E-state index < -0.39 is 17.9 Å². The van der Waals surface area contributed by atoms with Gasteiger partial charge in [-0.05, 0) is 19.1 Å². The Bertz CT molecular complexity index is 871. The molecule has 0 saturated heterocycles. The predicted octanol–water partition coefficient (Wildman–Crippen LogP) is -0.676. The molecule has 0 aromatic carbocycles. The minimum absolute atomic E-state index is 0.0301. The van der Waals surface area contributed by atoms with E-state index in [4.69, 9.17) is 0 Å². The van der Waals surface area contributed by atoms with E-state index in [-0.39, 0.29) is 37.7 Å². The molecule has 0 saturated carbocycles. The molecule has 2 aromatic heterocycles. The van der Waals surface area contributed by atoms with Crippen LogP contribution in [0.1, 0.15) is 20.3 Å². The molecule has 0 aliphatic heterocycles. The molecule has 2 N–H and O–H groups in total. The third-order valence-corrected chi connectivity index (χ3v) is 3.90. The number of amides is 2. The highest BCUT2D eigenvalue weighted by atomic mass is 16.4. The Morgan fingerprint density at radius 1 is 1.35 bits per heavy atom. The van der Waals surface area contributed by atoms with Crippen LogP contribution >= 0.6 is 0 Å². The average Bonchev–Trinajstić information content (AvgIpc) is 2.92. The van der Waals surface area contributed by atoms with Gasteiger partial charge in [0.25, 0.3) is 0 Å². The molecule has 0 radical (unpaired) electrons. The van der Waals surface area contributed by atoms with Gasteiger partial charge in [-0.15, -0.1) is 5.10 Å². The fourth-order valence-electron chi connectivity index (χ4n) is 2.48. The van der Waals surface area contributed by atoms with Crippen LogP contribution in [0.2, 0.25) is 0 Å². The minimum Gasteiger partial charge on any atom is -0.480 e. The number of fused-ring (bicyclic) bond motifs is 1. The van der Waals surface area contributed by atoms with Gasteiger partial charge >= 0.3 is 11.7 Å². The van der Waals surface area contributed by atoms with Crippen molar-refractivity contribution in [3.63, 3.8) is 0 Å². The molecule has 0 fully saturated rings. The smallest absolute Gasteiger partial charge is 0.350 e. The Morgan fingerprint density at radius 2 is 2.08 bits per heavy atom. The Hall–Kier alpha value is -3.17. The van der Waals surface area contributed by atoms with E-state index in [0.717, 1.165) is 0 Å². The number of hydrogen-bond donors (Lipinski definition) is 2. The summed E-state index contributed by atoms with van der Waals surface area (Å²) in [5.74, 6) is -1.85. The molecule has 2 rings (SSSR count). The molecule has 2 heterocycles. The largest absolute Gasteiger partial charge is 0.480 e. The second kappa shape index (κ2) is 8.28. The average molecular weight is 363 g/mol. The Morgan fingerprint density at radius 3 is 2.69 bits per heavy atom. The van der Waals surface area contributed by atoms with Crippen molar-refractivity contribution < 1.29 is 19.5 Å². The van der Waals surface area contributed by atoms with Crippen LogP contribution in [0.15, 0.2) is 29.2 Å². The van der Waals surface area contributed by atoms with Crippen molar-refractivity contribution in [1.82, 2.24) is 24.4 Å². The zero-order chi connectivity index (χ0) is 19.3. The van der Waals surface area contributed by atoms with Crippen molar-refractivity contribution in [1.29, 1.82) is 0 Å². The summed E-state index contributed by atoms with van der Waals surface area (Å²) < 4.78 is 2.53. The number of carbonyl (C=O) groups is 3. The molecule has 2 aromatic rings. The van der Waals surface area contributed by atoms with E-state index in [2.05, 4.69) is 10.4 Å². The van der Waals surface area contributed by atoms with Gasteiger partial charge in [0, 0.05) is 32.6 Å². The minimum atomic E-state index is -1.15. The lowest BCUT2D eigenvalue weighted by Crippen LogP contribution is -2.47. The molecule has 140 valence electrons. The Kier molecular flexibility index (Phi) is 6.10. The predicted molar refractivity (Wildman–Crippen MR) is 91.6 cm³/mol. The Balaban J connectivity index is 2.07. The zero-order valence-corrected chi connectivity index (χ0v) is 14.6. The molecule has 10 nitrogen and oxygen atoms in total. The first-order chi connectivity index (χ1) is 12.3. The van der Waals surface area contributed by atoms with Gasteiger partial charge in [-0.2, -0.15) is 0 Å². The van der Waals surface area contributed by atoms with Crippen LogP contribution in [0.3, 0.4) is 0 Å². The quantitative estimate of drug-likeness (QED) is 0.640. The van der Waals surface area contributed by atoms with Crippen molar-refractivity contribution >= 4 is 23.4 Å². The number of aromatic nitrogens is 3. The van der Waals surface area contributed by atoms with Crippen molar-refractivity contribution in [3.8, 4) is 0 Å². The molecule has 0 aliphatic rings. The van der Waals surface area contributed by atoms with Gasteiger partial charge < -0.3 is 15.3 Å². The molecule has 0 spiro atoms. The van der Waals surface area contributed by atoms with Gasteiger partial charge in [-0.25, -0.2) is 14.3 Å². The SMILES string of the molecule is CC(=O)NCCN(C(=O)CCn1nc2ccccn2c1=O)C(C)C(=O)O. The lowest BCUT2D eigenvalue weighted by molar-refractivity contribution is -0.149. The van der Waals surface area contributed by atoms with Crippen molar-refractivity contribution in [3.05, 3.63) is 34.9 Å². The summed E-state index contributed by atoms with van der Waals surface area (Å²) in [5, 5.41) is 15.8. The van der Waals surface area contributed by atoms with Crippen molar-refractivity contribution in [2.75, 3.05) is 13.1 Å². The highest BCUT2D eigenvalue weighted by Crippen LogP contribution is 2.04. The van der Waals surface area contributed by atoms with Crippen LogP contribution in [0, 0.1) is 0 Å². The fraction of sp³-hybridized carbons (Fsp3) is 0.438. The lowest BCUT2D eigenvalue weighted by Gasteiger charge is -2.26. The van der Waals surface area contributed by atoms with Crippen LogP contribution in [0.4, 0.5) is 0 Å². The molecule has 1 atom stereocenters. The maximum atomic E-state index is 12.5. The van der Waals surface area contributed by atoms with Gasteiger partial charge in [0.15, 0.2) is 5.65 Å². The van der Waals surface area contributed by atoms with Gasteiger partial charge in [-0.1, -0.05) is 6.07 Å². The molecule has 0 aliphatic carbocycles. The van der Waals surface area contributed by atoms with Gasteiger partial charge in [0.2, 0.25) is 11.8 Å². The van der Waals surface area contributed by atoms with E-state index in [0.29, 0.717) is 5.65 Å². The maximum Gasteiger partial charge on any atom is 0.350 e. The molecule has 1 unspecified atom stereocenters. The number of aryl methyl sites for hydroxylation is 1. The van der Waals surface area contributed by atoms with Gasteiger partial charge in [-0.3, -0.25) is 14.0 Å². The van der Waals surface area contributed by atoms with Crippen LogP contribution in [-0.2, 0) is 20.9 Å². The van der Waals surface area contributed by atoms with Crippen LogP contribution in [-0.4, -0.2) is 61.1 Å². The normalized spacial score (nSPS) is 11.9. The monoisotopic (exact) mass is 363 g/mol. The van der Waals surface area contributed by atoms with Crippen LogP contribution in [0.25, 0.3) is 5.65 Å². The highest BCUT2D eigenvalue weighted by Gasteiger charge is 2.25. The van der Waals surface area contributed by atoms with E-state index in [1.165, 1.54) is 27.8 Å². The number of hydrogen-bond acceptors (Lipinski definition) is 5. The molecule has 2 amide bonds. The van der Waals surface area contributed by atoms with Crippen LogP contribution in [0.5, 0.6) is 0 Å². The van der Waals surface area contributed by atoms with E-state index in [1.54, 1.807) is 24.4 Å². The van der Waals surface area contributed by atoms with Crippen molar-refractivity contribution in [2.24, 2.45) is 0 Å². The summed E-state index contributed by atoms with van der Waals surface area (Å²) in [6, 6.07) is 4.07. The van der Waals surface area contributed by atoms with E-state index >= 15 is 0 Å². The summed E-state index contributed by atoms with van der Waals surface area (Å²) in [6.07, 6.45) is 1.50. The topological polar surface area (TPSA) is 126 Å². The number of pyridine rings is 1. The molecule has 0 bridgehead atoms. The number of aliphatic carboxylic acids is 1. The summed E-state index contributed by atoms with van der Waals surface area (Å²) in [7, 11) is 0. The van der Waals surface area contributed by atoms with Crippen LogP contribution < -0.4 is 11.0 Å². The van der Waals surface area contributed by atoms with E-state index in [9.17, 15) is 24.3 Å². The number of carboxylic acid groups (broad SMARTS) is 1. The number of nitrogens with zero attached hydrogens (tertiary/aromatic N) is 4. The first kappa shape index (κ1) is 19.2. The summed E-state index contributed by atoms with van der Waals surface area (Å²) in [4.78, 5) is 48.0. The molecular formula is C16H21N5O5. The Labute approximate surface area is 149 Å². The summed E-state index contributed by atoms with van der Waals surface area (Å²) in [5.41, 5.74) is 0.0934. The molecule has 26 heavy (non-hydrogen) atoms. The number of carboxylic acids is 1. The second-order valence-corrected chi connectivity index (χ2v) is 5.77. The third-order valence-electron chi connectivity index (χ3n) is 3.90. The fourth-order valence-corrected chi connectivity index (χ4v) is 2.48. The third kappa shape index (κ3) is 4.47. The zero-order valence-electron chi connectivity index (χ0n) is 14.6. The summed E-state index contributed by atoms with van der Waals surface area (Å²) in [6.45, 7) is 2.97. The highest BCUT2D eigenvalue weighted by molar-refractivity contribution is 5.83. The first-order valence-corrected chi connectivity index (χ1v) is 8.12. The summed E-state index contributed by atoms with van der Waals surface area (Å²) >= 11 is 0. The number of rotatable bonds is 8. The molecule has 10 heteroatoms. The second-order valence-electron chi connectivity index (χ2n) is 5.77. The molecular weight excluding hydrogens is 342 g/mol. The van der Waals surface area contributed by atoms with Gasteiger partial charge in [0.05, 0.1) is 6.54 Å². The number of nitrogens with one attached hydrogen (secondary N) is 1. The van der Waals surface area contributed by atoms with Gasteiger partial charge in [0.1, 0.15) is 6.04 Å².